The highest BCUT2D eigenvalue weighted by atomic mass is 79.9. The van der Waals surface area contributed by atoms with Crippen molar-refractivity contribution in [3.63, 3.8) is 0 Å². The second kappa shape index (κ2) is 6.61. The summed E-state index contributed by atoms with van der Waals surface area (Å²) in [5.74, 6) is 1.54. The zero-order valence-corrected chi connectivity index (χ0v) is 12.7. The summed E-state index contributed by atoms with van der Waals surface area (Å²) in [6.45, 7) is 0.599. The van der Waals surface area contributed by atoms with Crippen LogP contribution in [0.25, 0.3) is 0 Å². The molecule has 0 bridgehead atoms. The fourth-order valence-electron chi connectivity index (χ4n) is 1.83. The zero-order valence-electron chi connectivity index (χ0n) is 11.1. The zero-order chi connectivity index (χ0) is 13.7. The van der Waals surface area contributed by atoms with E-state index in [-0.39, 0.29) is 0 Å². The molecule has 0 aliphatic heterocycles. The molecule has 1 aromatic heterocycles. The van der Waals surface area contributed by atoms with E-state index in [2.05, 4.69) is 21.0 Å². The molecule has 102 valence electrons. The fourth-order valence-corrected chi connectivity index (χ4v) is 2.18. The minimum absolute atomic E-state index is 0.599. The molecule has 0 fully saturated rings. The van der Waals surface area contributed by atoms with Crippen LogP contribution < -0.4 is 9.47 Å². The predicted molar refractivity (Wildman–Crippen MR) is 78.0 cm³/mol. The molecule has 5 heteroatoms. The SMILES string of the molecule is COc1ccc(CBr)cc1OCCc1ccnn1C. The van der Waals surface area contributed by atoms with Gasteiger partial charge < -0.3 is 9.47 Å². The van der Waals surface area contributed by atoms with Crippen LogP contribution in [-0.4, -0.2) is 23.5 Å². The quantitative estimate of drug-likeness (QED) is 0.766. The molecule has 0 spiro atoms. The highest BCUT2D eigenvalue weighted by molar-refractivity contribution is 9.08. The van der Waals surface area contributed by atoms with Crippen molar-refractivity contribution in [2.45, 2.75) is 11.8 Å². The molecule has 19 heavy (non-hydrogen) atoms. The highest BCUT2D eigenvalue weighted by Crippen LogP contribution is 2.28. The van der Waals surface area contributed by atoms with Crippen LogP contribution in [-0.2, 0) is 18.8 Å². The third kappa shape index (κ3) is 3.50. The van der Waals surface area contributed by atoms with Gasteiger partial charge in [-0.15, -0.1) is 0 Å². The van der Waals surface area contributed by atoms with Gasteiger partial charge in [0.1, 0.15) is 0 Å². The van der Waals surface area contributed by atoms with Gasteiger partial charge in [-0.05, 0) is 23.8 Å². The van der Waals surface area contributed by atoms with E-state index in [4.69, 9.17) is 9.47 Å². The second-order valence-corrected chi connectivity index (χ2v) is 4.72. The monoisotopic (exact) mass is 324 g/mol. The van der Waals surface area contributed by atoms with Crippen LogP contribution in [0.2, 0.25) is 0 Å². The number of aromatic nitrogens is 2. The summed E-state index contributed by atoms with van der Waals surface area (Å²) in [5, 5.41) is 4.93. The van der Waals surface area contributed by atoms with Crippen molar-refractivity contribution in [3.8, 4) is 11.5 Å². The van der Waals surface area contributed by atoms with Crippen LogP contribution in [0.3, 0.4) is 0 Å². The number of methoxy groups -OCH3 is 1. The van der Waals surface area contributed by atoms with Gasteiger partial charge >= 0.3 is 0 Å². The van der Waals surface area contributed by atoms with Gasteiger partial charge in [-0.25, -0.2) is 0 Å². The molecular weight excluding hydrogens is 308 g/mol. The maximum absolute atomic E-state index is 5.81. The first kappa shape index (κ1) is 13.9. The van der Waals surface area contributed by atoms with Crippen LogP contribution in [0.1, 0.15) is 11.3 Å². The van der Waals surface area contributed by atoms with Crippen molar-refractivity contribution in [1.29, 1.82) is 0 Å². The lowest BCUT2D eigenvalue weighted by molar-refractivity contribution is 0.295. The molecule has 4 nitrogen and oxygen atoms in total. The van der Waals surface area contributed by atoms with Crippen molar-refractivity contribution in [3.05, 3.63) is 41.7 Å². The Morgan fingerprint density at radius 1 is 1.26 bits per heavy atom. The average molecular weight is 325 g/mol. The molecule has 0 amide bonds. The summed E-state index contributed by atoms with van der Waals surface area (Å²) >= 11 is 3.44. The maximum Gasteiger partial charge on any atom is 0.161 e. The molecule has 0 saturated carbocycles. The van der Waals surface area contributed by atoms with Gasteiger partial charge in [0.25, 0.3) is 0 Å². The van der Waals surface area contributed by atoms with Crippen LogP contribution >= 0.6 is 15.9 Å². The third-order valence-electron chi connectivity index (χ3n) is 2.92. The molecule has 2 rings (SSSR count). The summed E-state index contributed by atoms with van der Waals surface area (Å²) in [7, 11) is 3.58. The topological polar surface area (TPSA) is 36.3 Å². The Kier molecular flexibility index (Phi) is 4.85. The number of aryl methyl sites for hydroxylation is 1. The second-order valence-electron chi connectivity index (χ2n) is 4.16. The van der Waals surface area contributed by atoms with E-state index < -0.39 is 0 Å². The summed E-state index contributed by atoms with van der Waals surface area (Å²) in [6.07, 6.45) is 2.61. The van der Waals surface area contributed by atoms with Gasteiger partial charge in [-0.1, -0.05) is 22.0 Å². The third-order valence-corrected chi connectivity index (χ3v) is 3.57. The van der Waals surface area contributed by atoms with E-state index in [1.165, 1.54) is 0 Å². The number of halogens is 1. The fraction of sp³-hybridized carbons (Fsp3) is 0.357. The van der Waals surface area contributed by atoms with Crippen LogP contribution in [0, 0.1) is 0 Å². The Balaban J connectivity index is 2.00. The minimum atomic E-state index is 0.599. The first-order chi connectivity index (χ1) is 9.24. The number of ether oxygens (including phenoxy) is 2. The molecule has 1 heterocycles. The number of nitrogens with zero attached hydrogens (tertiary/aromatic N) is 2. The van der Waals surface area contributed by atoms with Gasteiger partial charge in [-0.2, -0.15) is 5.10 Å². The molecule has 0 radical (unpaired) electrons. The maximum atomic E-state index is 5.81. The molecule has 0 N–H and O–H groups in total. The largest absolute Gasteiger partial charge is 0.493 e. The molecule has 0 aliphatic carbocycles. The van der Waals surface area contributed by atoms with Crippen LogP contribution in [0.5, 0.6) is 11.5 Å². The smallest absolute Gasteiger partial charge is 0.161 e. The minimum Gasteiger partial charge on any atom is -0.493 e. The molecule has 0 atom stereocenters. The first-order valence-corrected chi connectivity index (χ1v) is 7.19. The Morgan fingerprint density at radius 2 is 2.11 bits per heavy atom. The van der Waals surface area contributed by atoms with Crippen molar-refractivity contribution in [2.75, 3.05) is 13.7 Å². The standard InChI is InChI=1S/C14H17BrN2O2/c1-17-12(5-7-16-17)6-8-19-14-9-11(10-15)3-4-13(14)18-2/h3-5,7,9H,6,8,10H2,1-2H3. The number of benzene rings is 1. The van der Waals surface area contributed by atoms with Crippen molar-refractivity contribution >= 4 is 15.9 Å². The number of alkyl halides is 1. The molecular formula is C14H17BrN2O2. The van der Waals surface area contributed by atoms with Gasteiger partial charge in [-0.3, -0.25) is 4.68 Å². The number of hydrogen-bond acceptors (Lipinski definition) is 3. The van der Waals surface area contributed by atoms with E-state index in [1.54, 1.807) is 13.3 Å². The number of rotatable bonds is 6. The Labute approximate surface area is 121 Å². The van der Waals surface area contributed by atoms with Gasteiger partial charge in [0.2, 0.25) is 0 Å². The molecule has 1 aromatic carbocycles. The van der Waals surface area contributed by atoms with Crippen LogP contribution in [0.15, 0.2) is 30.5 Å². The van der Waals surface area contributed by atoms with Gasteiger partial charge in [0.15, 0.2) is 11.5 Å². The lowest BCUT2D eigenvalue weighted by atomic mass is 10.2. The lowest BCUT2D eigenvalue weighted by Gasteiger charge is -2.11. The first-order valence-electron chi connectivity index (χ1n) is 6.07. The van der Waals surface area contributed by atoms with Crippen molar-refractivity contribution < 1.29 is 9.47 Å². The summed E-state index contributed by atoms with van der Waals surface area (Å²) < 4.78 is 13.0. The van der Waals surface area contributed by atoms with Crippen LogP contribution in [0.4, 0.5) is 0 Å². The summed E-state index contributed by atoms with van der Waals surface area (Å²) in [5.41, 5.74) is 2.31. The van der Waals surface area contributed by atoms with E-state index in [1.807, 2.05) is 36.0 Å². The van der Waals surface area contributed by atoms with Gasteiger partial charge in [0.05, 0.1) is 13.7 Å². The summed E-state index contributed by atoms with van der Waals surface area (Å²) in [6, 6.07) is 7.93. The predicted octanol–water partition coefficient (Wildman–Crippen LogP) is 2.95. The van der Waals surface area contributed by atoms with E-state index in [0.29, 0.717) is 6.61 Å². The number of hydrogen-bond donors (Lipinski definition) is 0. The molecule has 2 aromatic rings. The lowest BCUT2D eigenvalue weighted by Crippen LogP contribution is -2.06. The Hall–Kier alpha value is -1.49. The molecule has 0 saturated heterocycles. The van der Waals surface area contributed by atoms with E-state index >= 15 is 0 Å². The average Bonchev–Trinajstić information content (AvgIpc) is 2.84. The van der Waals surface area contributed by atoms with E-state index in [9.17, 15) is 0 Å². The van der Waals surface area contributed by atoms with Gasteiger partial charge in [0, 0.05) is 30.7 Å². The molecule has 0 aliphatic rings. The Bertz CT molecular complexity index is 540. The van der Waals surface area contributed by atoms with E-state index in [0.717, 1.165) is 34.5 Å². The highest BCUT2D eigenvalue weighted by Gasteiger charge is 2.06. The van der Waals surface area contributed by atoms with Crippen molar-refractivity contribution in [2.24, 2.45) is 7.05 Å². The van der Waals surface area contributed by atoms with Crippen molar-refractivity contribution in [1.82, 2.24) is 9.78 Å². The normalized spacial score (nSPS) is 10.5. The Morgan fingerprint density at radius 3 is 2.74 bits per heavy atom. The summed E-state index contributed by atoms with van der Waals surface area (Å²) in [4.78, 5) is 0. The molecule has 0 unspecified atom stereocenters.